The van der Waals surface area contributed by atoms with Crippen molar-refractivity contribution in [1.82, 2.24) is 4.90 Å². The largest absolute Gasteiger partial charge is 0.296 e. The maximum absolute atomic E-state index is 12.2. The number of halogens is 1. The number of hydrogen-bond donors (Lipinski definition) is 0. The van der Waals surface area contributed by atoms with Crippen molar-refractivity contribution in [3.8, 4) is 0 Å². The predicted molar refractivity (Wildman–Crippen MR) is 91.0 cm³/mol. The molecular formula is C17H14ClNO5S. The van der Waals surface area contributed by atoms with Crippen molar-refractivity contribution in [1.29, 1.82) is 0 Å². The summed E-state index contributed by atoms with van der Waals surface area (Å²) >= 11 is 5.72. The number of benzene rings is 2. The molecule has 0 saturated heterocycles. The highest BCUT2D eigenvalue weighted by Gasteiger charge is 2.34. The van der Waals surface area contributed by atoms with E-state index >= 15 is 0 Å². The lowest BCUT2D eigenvalue weighted by Crippen LogP contribution is -2.31. The second-order valence-corrected chi connectivity index (χ2v) is 7.44. The number of amides is 2. The van der Waals surface area contributed by atoms with Crippen molar-refractivity contribution < 1.29 is 22.2 Å². The summed E-state index contributed by atoms with van der Waals surface area (Å²) in [5.41, 5.74) is 0.726. The molecule has 8 heteroatoms. The van der Waals surface area contributed by atoms with Crippen LogP contribution in [-0.2, 0) is 14.3 Å². The van der Waals surface area contributed by atoms with Crippen molar-refractivity contribution in [2.75, 3.05) is 13.2 Å². The maximum atomic E-state index is 12.2. The van der Waals surface area contributed by atoms with E-state index in [1.165, 1.54) is 24.3 Å². The Hall–Kier alpha value is -2.22. The number of carbonyl (C=O) groups is 2. The molecule has 1 aliphatic rings. The van der Waals surface area contributed by atoms with Gasteiger partial charge in [0, 0.05) is 11.6 Å². The third kappa shape index (κ3) is 3.58. The first-order chi connectivity index (χ1) is 11.9. The van der Waals surface area contributed by atoms with Crippen molar-refractivity contribution >= 4 is 33.5 Å². The van der Waals surface area contributed by atoms with Crippen LogP contribution >= 0.6 is 11.6 Å². The van der Waals surface area contributed by atoms with Crippen LogP contribution in [0.4, 0.5) is 0 Å². The van der Waals surface area contributed by atoms with Gasteiger partial charge in [0.1, 0.15) is 0 Å². The smallest absolute Gasteiger partial charge is 0.274 e. The molecule has 2 amide bonds. The highest BCUT2D eigenvalue weighted by atomic mass is 35.5. The summed E-state index contributed by atoms with van der Waals surface area (Å²) in [6.45, 7) is -0.0547. The van der Waals surface area contributed by atoms with Gasteiger partial charge in [0.05, 0.1) is 22.6 Å². The van der Waals surface area contributed by atoms with Gasteiger partial charge in [-0.1, -0.05) is 23.7 Å². The van der Waals surface area contributed by atoms with Crippen LogP contribution in [0.3, 0.4) is 0 Å². The van der Waals surface area contributed by atoms with E-state index in [-0.39, 0.29) is 36.3 Å². The van der Waals surface area contributed by atoms with Crippen molar-refractivity contribution in [2.24, 2.45) is 0 Å². The monoisotopic (exact) mass is 379 g/mol. The Labute approximate surface area is 150 Å². The van der Waals surface area contributed by atoms with E-state index in [0.29, 0.717) is 16.1 Å². The molecule has 0 fully saturated rings. The molecule has 1 aliphatic heterocycles. The molecule has 0 unspecified atom stereocenters. The molecule has 0 radical (unpaired) electrons. The predicted octanol–water partition coefficient (Wildman–Crippen LogP) is 2.73. The quantitative estimate of drug-likeness (QED) is 0.438. The molecule has 130 valence electrons. The fourth-order valence-electron chi connectivity index (χ4n) is 2.50. The van der Waals surface area contributed by atoms with Gasteiger partial charge in [0.25, 0.3) is 21.9 Å². The normalized spacial score (nSPS) is 14.0. The zero-order valence-corrected chi connectivity index (χ0v) is 14.6. The first-order valence-corrected chi connectivity index (χ1v) is 9.29. The standard InChI is InChI=1S/C17H14ClNO5S/c18-12-6-8-13(9-7-12)25(22,23)24-11-3-10-19-16(20)14-4-1-2-5-15(14)17(19)21/h1-2,4-9H,3,10-11H2. The molecule has 6 nitrogen and oxygen atoms in total. The van der Waals surface area contributed by atoms with Gasteiger partial charge < -0.3 is 0 Å². The molecule has 2 aromatic rings. The lowest BCUT2D eigenvalue weighted by atomic mass is 10.1. The molecule has 0 bridgehead atoms. The highest BCUT2D eigenvalue weighted by Crippen LogP contribution is 2.22. The van der Waals surface area contributed by atoms with Gasteiger partial charge in [-0.3, -0.25) is 18.7 Å². The fraction of sp³-hybridized carbons (Fsp3) is 0.176. The molecule has 0 saturated carbocycles. The van der Waals surface area contributed by atoms with Gasteiger partial charge >= 0.3 is 0 Å². The number of rotatable bonds is 6. The SMILES string of the molecule is O=C1c2ccccc2C(=O)N1CCCOS(=O)(=O)c1ccc(Cl)cc1. The van der Waals surface area contributed by atoms with Crippen LogP contribution in [0, 0.1) is 0 Å². The zero-order chi connectivity index (χ0) is 18.0. The minimum absolute atomic E-state index is 0.00219. The van der Waals surface area contributed by atoms with E-state index in [1.54, 1.807) is 24.3 Å². The average molecular weight is 380 g/mol. The fourth-order valence-corrected chi connectivity index (χ4v) is 3.57. The second-order valence-electron chi connectivity index (χ2n) is 5.39. The third-order valence-corrected chi connectivity index (χ3v) is 5.32. The molecule has 0 aliphatic carbocycles. The molecule has 0 aromatic heterocycles. The first kappa shape index (κ1) is 17.6. The Kier molecular flexibility index (Phi) is 4.89. The topological polar surface area (TPSA) is 80.8 Å². The highest BCUT2D eigenvalue weighted by molar-refractivity contribution is 7.86. The van der Waals surface area contributed by atoms with Crippen molar-refractivity contribution in [3.05, 3.63) is 64.7 Å². The molecule has 3 rings (SSSR count). The number of imide groups is 1. The van der Waals surface area contributed by atoms with Crippen molar-refractivity contribution in [2.45, 2.75) is 11.3 Å². The first-order valence-electron chi connectivity index (χ1n) is 7.50. The molecule has 0 spiro atoms. The van der Waals surface area contributed by atoms with E-state index in [1.807, 2.05) is 0 Å². The van der Waals surface area contributed by atoms with Crippen LogP contribution < -0.4 is 0 Å². The van der Waals surface area contributed by atoms with E-state index in [9.17, 15) is 18.0 Å². The lowest BCUT2D eigenvalue weighted by Gasteiger charge is -2.13. The zero-order valence-electron chi connectivity index (χ0n) is 13.0. The van der Waals surface area contributed by atoms with Gasteiger partial charge in [-0.15, -0.1) is 0 Å². The maximum Gasteiger partial charge on any atom is 0.296 e. The summed E-state index contributed by atoms with van der Waals surface area (Å²) < 4.78 is 29.0. The summed E-state index contributed by atoms with van der Waals surface area (Å²) in [5, 5.41) is 0.421. The van der Waals surface area contributed by atoms with Crippen LogP contribution in [0.25, 0.3) is 0 Å². The van der Waals surface area contributed by atoms with Gasteiger partial charge in [-0.25, -0.2) is 0 Å². The minimum atomic E-state index is -3.90. The number of hydrogen-bond acceptors (Lipinski definition) is 5. The van der Waals surface area contributed by atoms with Crippen LogP contribution in [0.2, 0.25) is 5.02 Å². The van der Waals surface area contributed by atoms with Crippen molar-refractivity contribution in [3.63, 3.8) is 0 Å². The average Bonchev–Trinajstić information content (AvgIpc) is 2.84. The Bertz CT molecular complexity index is 889. The van der Waals surface area contributed by atoms with Crippen LogP contribution in [-0.4, -0.2) is 38.3 Å². The van der Waals surface area contributed by atoms with E-state index in [2.05, 4.69) is 0 Å². The van der Waals surface area contributed by atoms with Crippen LogP contribution in [0.1, 0.15) is 27.1 Å². The molecular weight excluding hydrogens is 366 g/mol. The minimum Gasteiger partial charge on any atom is -0.274 e. The van der Waals surface area contributed by atoms with E-state index in [0.717, 1.165) is 4.90 Å². The number of nitrogens with zero attached hydrogens (tertiary/aromatic N) is 1. The summed E-state index contributed by atoms with van der Waals surface area (Å²) in [6, 6.07) is 12.2. The van der Waals surface area contributed by atoms with Gasteiger partial charge in [0.2, 0.25) is 0 Å². The van der Waals surface area contributed by atoms with Crippen LogP contribution in [0.15, 0.2) is 53.4 Å². The molecule has 1 heterocycles. The Morgan fingerprint density at radius 3 is 2.04 bits per heavy atom. The van der Waals surface area contributed by atoms with Crippen LogP contribution in [0.5, 0.6) is 0 Å². The lowest BCUT2D eigenvalue weighted by molar-refractivity contribution is 0.0647. The Balaban J connectivity index is 1.57. The Morgan fingerprint density at radius 1 is 0.920 bits per heavy atom. The van der Waals surface area contributed by atoms with Gasteiger partial charge in [-0.05, 0) is 42.8 Å². The van der Waals surface area contributed by atoms with E-state index in [4.69, 9.17) is 15.8 Å². The number of fused-ring (bicyclic) bond motifs is 1. The Morgan fingerprint density at radius 2 is 1.48 bits per heavy atom. The van der Waals surface area contributed by atoms with Gasteiger partial charge in [-0.2, -0.15) is 8.42 Å². The van der Waals surface area contributed by atoms with E-state index < -0.39 is 10.1 Å². The van der Waals surface area contributed by atoms with Gasteiger partial charge in [0.15, 0.2) is 0 Å². The summed E-state index contributed by atoms with van der Waals surface area (Å²) in [6.07, 6.45) is 0.207. The number of carbonyl (C=O) groups excluding carboxylic acids is 2. The molecule has 0 N–H and O–H groups in total. The third-order valence-electron chi connectivity index (χ3n) is 3.75. The second kappa shape index (κ2) is 6.95. The summed E-state index contributed by atoms with van der Waals surface area (Å²) in [4.78, 5) is 25.5. The summed E-state index contributed by atoms with van der Waals surface area (Å²) in [5.74, 6) is -0.748. The molecule has 0 atom stereocenters. The molecule has 25 heavy (non-hydrogen) atoms. The summed E-state index contributed by atoms with van der Waals surface area (Å²) in [7, 11) is -3.90. The molecule has 2 aromatic carbocycles.